The van der Waals surface area contributed by atoms with Crippen molar-refractivity contribution in [3.63, 3.8) is 0 Å². The Labute approximate surface area is 91.1 Å². The lowest BCUT2D eigenvalue weighted by Crippen LogP contribution is -2.29. The average molecular weight is 205 g/mol. The average Bonchev–Trinajstić information content (AvgIpc) is 2.71. The highest BCUT2D eigenvalue weighted by Crippen LogP contribution is 2.40. The Bertz CT molecular complexity index is 312. The summed E-state index contributed by atoms with van der Waals surface area (Å²) in [5, 5.41) is 9.21. The summed E-state index contributed by atoms with van der Waals surface area (Å²) >= 11 is 0. The number of phenolic OH excluding ortho intramolecular Hbond substituents is 1. The molecule has 0 saturated heterocycles. The van der Waals surface area contributed by atoms with Crippen molar-refractivity contribution in [3.05, 3.63) is 29.8 Å². The van der Waals surface area contributed by atoms with Crippen molar-refractivity contribution >= 4 is 0 Å². The predicted octanol–water partition coefficient (Wildman–Crippen LogP) is 2.45. The normalized spacial score (nSPS) is 19.3. The third-order valence-electron chi connectivity index (χ3n) is 3.61. The minimum Gasteiger partial charge on any atom is -0.508 e. The first-order valence-corrected chi connectivity index (χ1v) is 5.72. The summed E-state index contributed by atoms with van der Waals surface area (Å²) in [7, 11) is 0. The highest BCUT2D eigenvalue weighted by molar-refractivity contribution is 5.26. The molecule has 0 amide bonds. The Kier molecular flexibility index (Phi) is 2.96. The van der Waals surface area contributed by atoms with Gasteiger partial charge >= 0.3 is 0 Å². The van der Waals surface area contributed by atoms with E-state index in [0.717, 1.165) is 13.0 Å². The number of nitrogens with two attached hydrogens (primary N) is 1. The summed E-state index contributed by atoms with van der Waals surface area (Å²) in [5.41, 5.74) is 7.52. The van der Waals surface area contributed by atoms with Gasteiger partial charge in [-0.3, -0.25) is 0 Å². The number of phenols is 1. The maximum absolute atomic E-state index is 9.21. The largest absolute Gasteiger partial charge is 0.508 e. The molecule has 1 aromatic carbocycles. The molecule has 0 heterocycles. The third-order valence-corrected chi connectivity index (χ3v) is 3.61. The van der Waals surface area contributed by atoms with E-state index in [4.69, 9.17) is 5.73 Å². The minimum absolute atomic E-state index is 0.330. The van der Waals surface area contributed by atoms with Gasteiger partial charge in [-0.05, 0) is 48.9 Å². The molecule has 1 aliphatic rings. The molecule has 82 valence electrons. The van der Waals surface area contributed by atoms with Gasteiger partial charge in [-0.2, -0.15) is 0 Å². The maximum Gasteiger partial charge on any atom is 0.115 e. The molecule has 0 aliphatic heterocycles. The molecule has 3 N–H and O–H groups in total. The summed E-state index contributed by atoms with van der Waals surface area (Å²) in [6.45, 7) is 0.786. The van der Waals surface area contributed by atoms with E-state index in [2.05, 4.69) is 0 Å². The van der Waals surface area contributed by atoms with Gasteiger partial charge in [0.25, 0.3) is 0 Å². The van der Waals surface area contributed by atoms with Crippen LogP contribution in [0.3, 0.4) is 0 Å². The Hall–Kier alpha value is -1.02. The summed E-state index contributed by atoms with van der Waals surface area (Å²) in [5.74, 6) is 0.340. The predicted molar refractivity (Wildman–Crippen MR) is 61.8 cm³/mol. The van der Waals surface area contributed by atoms with Gasteiger partial charge in [0.15, 0.2) is 0 Å². The van der Waals surface area contributed by atoms with Crippen LogP contribution in [0.15, 0.2) is 24.3 Å². The molecule has 1 aromatic rings. The van der Waals surface area contributed by atoms with Crippen LogP contribution in [0.1, 0.15) is 31.2 Å². The van der Waals surface area contributed by atoms with Crippen molar-refractivity contribution in [2.24, 2.45) is 11.1 Å². The topological polar surface area (TPSA) is 46.2 Å². The van der Waals surface area contributed by atoms with Crippen LogP contribution in [0.25, 0.3) is 0 Å². The SMILES string of the molecule is NCC1(Cc2ccc(O)cc2)CCCC1. The van der Waals surface area contributed by atoms with E-state index >= 15 is 0 Å². The van der Waals surface area contributed by atoms with E-state index in [0.29, 0.717) is 11.2 Å². The first-order chi connectivity index (χ1) is 7.24. The Morgan fingerprint density at radius 3 is 2.27 bits per heavy atom. The van der Waals surface area contributed by atoms with Gasteiger partial charge < -0.3 is 10.8 Å². The molecule has 1 aliphatic carbocycles. The number of hydrogen-bond acceptors (Lipinski definition) is 2. The number of hydrogen-bond donors (Lipinski definition) is 2. The summed E-state index contributed by atoms with van der Waals surface area (Å²) in [4.78, 5) is 0. The Morgan fingerprint density at radius 1 is 1.13 bits per heavy atom. The van der Waals surface area contributed by atoms with Crippen LogP contribution in [0, 0.1) is 5.41 Å². The second-order valence-corrected chi connectivity index (χ2v) is 4.75. The van der Waals surface area contributed by atoms with E-state index in [1.807, 2.05) is 12.1 Å². The van der Waals surface area contributed by atoms with Crippen LogP contribution in [-0.2, 0) is 6.42 Å². The van der Waals surface area contributed by atoms with Crippen LogP contribution in [0.5, 0.6) is 5.75 Å². The molecule has 0 aromatic heterocycles. The van der Waals surface area contributed by atoms with Crippen LogP contribution in [0.2, 0.25) is 0 Å². The molecule has 0 unspecified atom stereocenters. The van der Waals surface area contributed by atoms with Gasteiger partial charge in [0.05, 0.1) is 0 Å². The van der Waals surface area contributed by atoms with Gasteiger partial charge in [0, 0.05) is 0 Å². The minimum atomic E-state index is 0.330. The summed E-state index contributed by atoms with van der Waals surface area (Å²) in [6.07, 6.45) is 6.20. The molecule has 2 nitrogen and oxygen atoms in total. The summed E-state index contributed by atoms with van der Waals surface area (Å²) in [6, 6.07) is 7.53. The van der Waals surface area contributed by atoms with E-state index < -0.39 is 0 Å². The fraction of sp³-hybridized carbons (Fsp3) is 0.538. The van der Waals surface area contributed by atoms with Gasteiger partial charge in [-0.25, -0.2) is 0 Å². The fourth-order valence-electron chi connectivity index (χ4n) is 2.62. The van der Waals surface area contributed by atoms with Crippen molar-refractivity contribution in [2.45, 2.75) is 32.1 Å². The Morgan fingerprint density at radius 2 is 1.73 bits per heavy atom. The van der Waals surface area contributed by atoms with Crippen LogP contribution in [0.4, 0.5) is 0 Å². The molecule has 0 spiro atoms. The van der Waals surface area contributed by atoms with Gasteiger partial charge in [-0.15, -0.1) is 0 Å². The van der Waals surface area contributed by atoms with Crippen molar-refractivity contribution in [1.82, 2.24) is 0 Å². The summed E-state index contributed by atoms with van der Waals surface area (Å²) < 4.78 is 0. The van der Waals surface area contributed by atoms with Crippen molar-refractivity contribution in [2.75, 3.05) is 6.54 Å². The molecule has 1 saturated carbocycles. The zero-order chi connectivity index (χ0) is 10.7. The lowest BCUT2D eigenvalue weighted by molar-refractivity contribution is 0.306. The molecule has 2 heteroatoms. The number of rotatable bonds is 3. The van der Waals surface area contributed by atoms with E-state index in [9.17, 15) is 5.11 Å². The quantitative estimate of drug-likeness (QED) is 0.796. The highest BCUT2D eigenvalue weighted by Gasteiger charge is 2.32. The molecule has 0 radical (unpaired) electrons. The molecule has 1 fully saturated rings. The smallest absolute Gasteiger partial charge is 0.115 e. The molecular formula is C13H19NO. The second kappa shape index (κ2) is 4.23. The highest BCUT2D eigenvalue weighted by atomic mass is 16.3. The van der Waals surface area contributed by atoms with Crippen molar-refractivity contribution in [1.29, 1.82) is 0 Å². The van der Waals surface area contributed by atoms with Gasteiger partial charge in [0.2, 0.25) is 0 Å². The third kappa shape index (κ3) is 2.32. The molecule has 15 heavy (non-hydrogen) atoms. The van der Waals surface area contributed by atoms with E-state index in [1.165, 1.54) is 31.2 Å². The maximum atomic E-state index is 9.21. The van der Waals surface area contributed by atoms with Crippen molar-refractivity contribution in [3.8, 4) is 5.75 Å². The van der Waals surface area contributed by atoms with Crippen LogP contribution in [-0.4, -0.2) is 11.7 Å². The zero-order valence-corrected chi connectivity index (χ0v) is 9.08. The molecular weight excluding hydrogens is 186 g/mol. The Balaban J connectivity index is 2.09. The number of aromatic hydroxyl groups is 1. The lowest BCUT2D eigenvalue weighted by atomic mass is 9.80. The lowest BCUT2D eigenvalue weighted by Gasteiger charge is -2.27. The van der Waals surface area contributed by atoms with Crippen LogP contribution >= 0.6 is 0 Å². The molecule has 0 bridgehead atoms. The first kappa shape index (κ1) is 10.5. The van der Waals surface area contributed by atoms with Crippen molar-refractivity contribution < 1.29 is 5.11 Å². The first-order valence-electron chi connectivity index (χ1n) is 5.72. The molecule has 2 rings (SSSR count). The standard InChI is InChI=1S/C13H19NO/c14-10-13(7-1-2-8-13)9-11-3-5-12(15)6-4-11/h3-6,15H,1-2,7-10,14H2. The van der Waals surface area contributed by atoms with E-state index in [1.54, 1.807) is 12.1 Å². The second-order valence-electron chi connectivity index (χ2n) is 4.75. The molecule has 0 atom stereocenters. The monoisotopic (exact) mass is 205 g/mol. The van der Waals surface area contributed by atoms with E-state index in [-0.39, 0.29) is 0 Å². The fourth-order valence-corrected chi connectivity index (χ4v) is 2.62. The number of benzene rings is 1. The van der Waals surface area contributed by atoms with Gasteiger partial charge in [-0.1, -0.05) is 25.0 Å². The van der Waals surface area contributed by atoms with Crippen LogP contribution < -0.4 is 5.73 Å². The zero-order valence-electron chi connectivity index (χ0n) is 9.08. The van der Waals surface area contributed by atoms with Gasteiger partial charge in [0.1, 0.15) is 5.75 Å².